The van der Waals surface area contributed by atoms with Crippen LogP contribution in [-0.4, -0.2) is 36.3 Å². The van der Waals surface area contributed by atoms with Gasteiger partial charge in [0.25, 0.3) is 11.8 Å². The smallest absolute Gasteiger partial charge is 0.273 e. The first-order valence-corrected chi connectivity index (χ1v) is 9.16. The quantitative estimate of drug-likeness (QED) is 0.754. The van der Waals surface area contributed by atoms with Gasteiger partial charge in [-0.2, -0.15) is 0 Å². The molecule has 0 spiro atoms. The number of likely N-dealkylation sites (tertiary alicyclic amines) is 1. The fraction of sp³-hybridized carbons (Fsp3) is 0.250. The van der Waals surface area contributed by atoms with Crippen LogP contribution in [0.3, 0.4) is 0 Å². The van der Waals surface area contributed by atoms with E-state index in [2.05, 4.69) is 10.9 Å². The molecule has 1 heterocycles. The lowest BCUT2D eigenvalue weighted by atomic mass is 10.1. The predicted molar refractivity (Wildman–Crippen MR) is 104 cm³/mol. The molecule has 3 rings (SSSR count). The zero-order valence-electron chi connectivity index (χ0n) is 15.3. The molecule has 0 aliphatic carbocycles. The van der Waals surface area contributed by atoms with Crippen molar-refractivity contribution in [1.82, 2.24) is 15.8 Å². The van der Waals surface area contributed by atoms with Gasteiger partial charge in [0.15, 0.2) is 0 Å². The van der Waals surface area contributed by atoms with Crippen LogP contribution in [0.15, 0.2) is 42.5 Å². The van der Waals surface area contributed by atoms with Crippen molar-refractivity contribution in [2.75, 3.05) is 13.7 Å². The average molecular weight is 402 g/mol. The summed E-state index contributed by atoms with van der Waals surface area (Å²) in [4.78, 5) is 38.3. The number of carbonyl (C=O) groups excluding carboxylic acids is 3. The molecule has 1 aliphatic rings. The van der Waals surface area contributed by atoms with Gasteiger partial charge >= 0.3 is 0 Å². The van der Waals surface area contributed by atoms with Crippen LogP contribution in [0.25, 0.3) is 0 Å². The molecule has 28 heavy (non-hydrogen) atoms. The van der Waals surface area contributed by atoms with Gasteiger partial charge in [-0.05, 0) is 42.3 Å². The van der Waals surface area contributed by atoms with Gasteiger partial charge in [-0.3, -0.25) is 25.2 Å². The van der Waals surface area contributed by atoms with E-state index in [1.54, 1.807) is 35.2 Å². The first-order chi connectivity index (χ1) is 13.5. The standard InChI is InChI=1S/C20H20ClN3O4/c1-28-17-8-7-15(21)11-16(17)20(27)23-22-19(26)14-5-2-4-13(10-14)12-24-9-3-6-18(24)25/h2,4-5,7-8,10-11H,3,6,9,12H2,1H3,(H,22,26)(H,23,27). The Morgan fingerprint density at radius 2 is 1.93 bits per heavy atom. The van der Waals surface area contributed by atoms with E-state index in [-0.39, 0.29) is 11.5 Å². The predicted octanol–water partition coefficient (Wildman–Crippen LogP) is 2.55. The highest BCUT2D eigenvalue weighted by molar-refractivity contribution is 6.31. The van der Waals surface area contributed by atoms with Crippen LogP contribution in [0.1, 0.15) is 39.1 Å². The fourth-order valence-electron chi connectivity index (χ4n) is 3.01. The van der Waals surface area contributed by atoms with Crippen LogP contribution in [0.2, 0.25) is 5.02 Å². The summed E-state index contributed by atoms with van der Waals surface area (Å²) in [7, 11) is 1.44. The number of hydrazine groups is 1. The van der Waals surface area contributed by atoms with E-state index < -0.39 is 11.8 Å². The number of nitrogens with one attached hydrogen (secondary N) is 2. The molecule has 0 aromatic heterocycles. The number of rotatable bonds is 5. The van der Waals surface area contributed by atoms with Crippen molar-refractivity contribution >= 4 is 29.3 Å². The monoisotopic (exact) mass is 401 g/mol. The maximum absolute atomic E-state index is 12.4. The highest BCUT2D eigenvalue weighted by atomic mass is 35.5. The number of hydrogen-bond acceptors (Lipinski definition) is 4. The van der Waals surface area contributed by atoms with E-state index in [0.29, 0.717) is 29.3 Å². The molecule has 2 aromatic carbocycles. The van der Waals surface area contributed by atoms with Crippen molar-refractivity contribution in [1.29, 1.82) is 0 Å². The zero-order valence-corrected chi connectivity index (χ0v) is 16.1. The van der Waals surface area contributed by atoms with Crippen molar-refractivity contribution < 1.29 is 19.1 Å². The lowest BCUT2D eigenvalue weighted by Gasteiger charge is -2.16. The number of benzene rings is 2. The highest BCUT2D eigenvalue weighted by Crippen LogP contribution is 2.22. The van der Waals surface area contributed by atoms with Crippen LogP contribution in [0, 0.1) is 0 Å². The topological polar surface area (TPSA) is 87.7 Å². The van der Waals surface area contributed by atoms with Crippen molar-refractivity contribution in [2.45, 2.75) is 19.4 Å². The molecule has 2 N–H and O–H groups in total. The molecule has 1 saturated heterocycles. The number of methoxy groups -OCH3 is 1. The van der Waals surface area contributed by atoms with Gasteiger partial charge < -0.3 is 9.64 Å². The number of amides is 3. The second-order valence-electron chi connectivity index (χ2n) is 6.37. The molecule has 2 aromatic rings. The van der Waals surface area contributed by atoms with E-state index in [4.69, 9.17) is 16.3 Å². The van der Waals surface area contributed by atoms with E-state index in [0.717, 1.165) is 18.5 Å². The lowest BCUT2D eigenvalue weighted by molar-refractivity contribution is -0.128. The van der Waals surface area contributed by atoms with Crippen LogP contribution in [-0.2, 0) is 11.3 Å². The maximum atomic E-state index is 12.4. The largest absolute Gasteiger partial charge is 0.496 e. The Morgan fingerprint density at radius 1 is 1.14 bits per heavy atom. The second-order valence-corrected chi connectivity index (χ2v) is 6.81. The number of ether oxygens (including phenoxy) is 1. The minimum absolute atomic E-state index is 0.123. The van der Waals surface area contributed by atoms with Gasteiger partial charge in [-0.15, -0.1) is 0 Å². The third-order valence-corrected chi connectivity index (χ3v) is 4.66. The summed E-state index contributed by atoms with van der Waals surface area (Å²) < 4.78 is 5.14. The van der Waals surface area contributed by atoms with Crippen molar-refractivity contribution in [3.05, 3.63) is 64.2 Å². The molecule has 1 fully saturated rings. The van der Waals surface area contributed by atoms with Crippen molar-refractivity contribution in [2.24, 2.45) is 0 Å². The van der Waals surface area contributed by atoms with Crippen LogP contribution < -0.4 is 15.6 Å². The second kappa shape index (κ2) is 8.75. The Morgan fingerprint density at radius 3 is 2.64 bits per heavy atom. The van der Waals surface area contributed by atoms with Crippen LogP contribution in [0.4, 0.5) is 0 Å². The molecule has 0 unspecified atom stereocenters. The highest BCUT2D eigenvalue weighted by Gasteiger charge is 2.20. The third-order valence-electron chi connectivity index (χ3n) is 4.43. The number of nitrogens with zero attached hydrogens (tertiary/aromatic N) is 1. The van der Waals surface area contributed by atoms with Gasteiger partial charge in [-0.25, -0.2) is 0 Å². The SMILES string of the molecule is COc1ccc(Cl)cc1C(=O)NNC(=O)c1cccc(CN2CCCC2=O)c1. The Labute approximate surface area is 167 Å². The Balaban J connectivity index is 1.63. The molecule has 8 heteroatoms. The Hall–Kier alpha value is -3.06. The van der Waals surface area contributed by atoms with E-state index >= 15 is 0 Å². The molecule has 3 amide bonds. The number of halogens is 1. The molecule has 1 aliphatic heterocycles. The summed E-state index contributed by atoms with van der Waals surface area (Å²) in [5, 5.41) is 0.376. The van der Waals surface area contributed by atoms with Gasteiger partial charge in [0, 0.05) is 30.1 Å². The Kier molecular flexibility index (Phi) is 6.16. The van der Waals surface area contributed by atoms with Crippen molar-refractivity contribution in [3.63, 3.8) is 0 Å². The summed E-state index contributed by atoms with van der Waals surface area (Å²) in [6.45, 7) is 1.19. The van der Waals surface area contributed by atoms with Gasteiger partial charge in [0.2, 0.25) is 5.91 Å². The summed E-state index contributed by atoms with van der Waals surface area (Å²) in [6, 6.07) is 11.6. The number of carbonyl (C=O) groups is 3. The van der Waals surface area contributed by atoms with E-state index in [1.165, 1.54) is 13.2 Å². The molecule has 146 valence electrons. The first kappa shape index (κ1) is 19.7. The molecule has 0 bridgehead atoms. The van der Waals surface area contributed by atoms with E-state index in [1.807, 2.05) is 6.07 Å². The molecule has 0 radical (unpaired) electrons. The van der Waals surface area contributed by atoms with Gasteiger partial charge in [-0.1, -0.05) is 23.7 Å². The van der Waals surface area contributed by atoms with Crippen LogP contribution >= 0.6 is 11.6 Å². The summed E-state index contributed by atoms with van der Waals surface area (Å²) in [5.74, 6) is -0.554. The summed E-state index contributed by atoms with van der Waals surface area (Å²) in [6.07, 6.45) is 1.43. The van der Waals surface area contributed by atoms with E-state index in [9.17, 15) is 14.4 Å². The molecule has 0 atom stereocenters. The first-order valence-electron chi connectivity index (χ1n) is 8.79. The Bertz CT molecular complexity index is 916. The fourth-order valence-corrected chi connectivity index (χ4v) is 3.19. The van der Waals surface area contributed by atoms with Gasteiger partial charge in [0.05, 0.1) is 12.7 Å². The lowest BCUT2D eigenvalue weighted by Crippen LogP contribution is -2.41. The normalized spacial score (nSPS) is 13.4. The molecular weight excluding hydrogens is 382 g/mol. The number of hydrogen-bond donors (Lipinski definition) is 2. The van der Waals surface area contributed by atoms with Crippen LogP contribution in [0.5, 0.6) is 5.75 Å². The molecule has 7 nitrogen and oxygen atoms in total. The summed E-state index contributed by atoms with van der Waals surface area (Å²) >= 11 is 5.92. The average Bonchev–Trinajstić information content (AvgIpc) is 3.10. The summed E-state index contributed by atoms with van der Waals surface area (Å²) in [5.41, 5.74) is 6.17. The minimum Gasteiger partial charge on any atom is -0.496 e. The molecular formula is C20H20ClN3O4. The zero-order chi connectivity index (χ0) is 20.1. The molecule has 0 saturated carbocycles. The van der Waals surface area contributed by atoms with Gasteiger partial charge in [0.1, 0.15) is 5.75 Å². The minimum atomic E-state index is -0.550. The third kappa shape index (κ3) is 4.61. The maximum Gasteiger partial charge on any atom is 0.273 e. The van der Waals surface area contributed by atoms with Crippen molar-refractivity contribution in [3.8, 4) is 5.75 Å².